The molecule has 0 saturated heterocycles. The summed E-state index contributed by atoms with van der Waals surface area (Å²) in [6, 6.07) is 6.48. The van der Waals surface area contributed by atoms with E-state index in [4.69, 9.17) is 17.3 Å². The van der Waals surface area contributed by atoms with Crippen molar-refractivity contribution in [3.63, 3.8) is 0 Å². The molecule has 1 aromatic carbocycles. The Labute approximate surface area is 159 Å². The van der Waals surface area contributed by atoms with Crippen LogP contribution in [0.15, 0.2) is 39.8 Å². The topological polar surface area (TPSA) is 114 Å². The normalized spacial score (nSPS) is 11.3. The lowest BCUT2D eigenvalue weighted by Crippen LogP contribution is -2.28. The second-order valence-corrected chi connectivity index (χ2v) is 8.28. The maximum Gasteiger partial charge on any atom is 0.244 e. The lowest BCUT2D eigenvalue weighted by molar-refractivity contribution is -0.116. The van der Waals surface area contributed by atoms with E-state index in [9.17, 15) is 13.2 Å². The standard InChI is InChI=1S/C15H16BrClN4O3S/c1-9-2-3-11(17)7-12(9)21-14(22)4-5-20-25(23,24)13-6-10(16)8-19-15(13)18/h2-3,6-8,20H,4-5H2,1H3,(H2,18,19)(H,21,22). The van der Waals surface area contributed by atoms with E-state index in [-0.39, 0.29) is 29.6 Å². The van der Waals surface area contributed by atoms with Crippen LogP contribution in [0.2, 0.25) is 5.02 Å². The Morgan fingerprint density at radius 2 is 2.08 bits per heavy atom. The number of pyridine rings is 1. The van der Waals surface area contributed by atoms with Crippen molar-refractivity contribution < 1.29 is 13.2 Å². The van der Waals surface area contributed by atoms with Gasteiger partial charge < -0.3 is 11.1 Å². The number of rotatable bonds is 6. The van der Waals surface area contributed by atoms with Crippen molar-refractivity contribution in [2.75, 3.05) is 17.6 Å². The fourth-order valence-electron chi connectivity index (χ4n) is 1.96. The maximum absolute atomic E-state index is 12.2. The van der Waals surface area contributed by atoms with Gasteiger partial charge >= 0.3 is 0 Å². The molecule has 0 radical (unpaired) electrons. The van der Waals surface area contributed by atoms with Crippen LogP contribution < -0.4 is 15.8 Å². The van der Waals surface area contributed by atoms with Gasteiger partial charge in [0.05, 0.1) is 0 Å². The number of nitrogens with two attached hydrogens (primary N) is 1. The third-order valence-corrected chi connectivity index (χ3v) is 5.41. The van der Waals surface area contributed by atoms with Gasteiger partial charge in [0.1, 0.15) is 10.7 Å². The van der Waals surface area contributed by atoms with Crippen molar-refractivity contribution in [2.45, 2.75) is 18.2 Å². The number of benzene rings is 1. The molecule has 4 N–H and O–H groups in total. The number of anilines is 2. The van der Waals surface area contributed by atoms with Crippen LogP contribution in [0, 0.1) is 6.92 Å². The Bertz CT molecular complexity index is 906. The Morgan fingerprint density at radius 1 is 1.36 bits per heavy atom. The molecule has 0 fully saturated rings. The molecular weight excluding hydrogens is 432 g/mol. The van der Waals surface area contributed by atoms with Crippen LogP contribution in [0.3, 0.4) is 0 Å². The molecule has 2 aromatic rings. The lowest BCUT2D eigenvalue weighted by atomic mass is 10.2. The largest absolute Gasteiger partial charge is 0.383 e. The number of halogens is 2. The first-order chi connectivity index (χ1) is 11.7. The van der Waals surface area contributed by atoms with Crippen molar-refractivity contribution >= 4 is 55.0 Å². The number of amides is 1. The van der Waals surface area contributed by atoms with Crippen LogP contribution in [-0.4, -0.2) is 25.9 Å². The van der Waals surface area contributed by atoms with Crippen molar-refractivity contribution in [3.8, 4) is 0 Å². The first-order valence-corrected chi connectivity index (χ1v) is 9.81. The average Bonchev–Trinajstić information content (AvgIpc) is 2.53. The highest BCUT2D eigenvalue weighted by Gasteiger charge is 2.19. The summed E-state index contributed by atoms with van der Waals surface area (Å²) < 4.78 is 27.3. The van der Waals surface area contributed by atoms with Crippen LogP contribution >= 0.6 is 27.5 Å². The molecule has 0 saturated carbocycles. The summed E-state index contributed by atoms with van der Waals surface area (Å²) in [5.41, 5.74) is 7.03. The van der Waals surface area contributed by atoms with E-state index in [0.29, 0.717) is 15.2 Å². The molecule has 0 unspecified atom stereocenters. The van der Waals surface area contributed by atoms with Crippen LogP contribution in [0.5, 0.6) is 0 Å². The maximum atomic E-state index is 12.2. The van der Waals surface area contributed by atoms with Gasteiger partial charge in [0.15, 0.2) is 0 Å². The molecule has 10 heteroatoms. The number of hydrogen-bond donors (Lipinski definition) is 3. The zero-order valence-electron chi connectivity index (χ0n) is 13.2. The second kappa shape index (κ2) is 8.13. The quantitative estimate of drug-likeness (QED) is 0.630. The molecule has 0 aliphatic heterocycles. The van der Waals surface area contributed by atoms with Crippen LogP contribution in [0.1, 0.15) is 12.0 Å². The predicted octanol–water partition coefficient (Wildman–Crippen LogP) is 2.70. The average molecular weight is 448 g/mol. The molecule has 1 heterocycles. The first kappa shape index (κ1) is 19.6. The van der Waals surface area contributed by atoms with Crippen molar-refractivity contribution in [1.29, 1.82) is 0 Å². The summed E-state index contributed by atoms with van der Waals surface area (Å²) in [4.78, 5) is 15.6. The van der Waals surface area contributed by atoms with Crippen molar-refractivity contribution in [1.82, 2.24) is 9.71 Å². The first-order valence-electron chi connectivity index (χ1n) is 7.16. The molecule has 7 nitrogen and oxygen atoms in total. The van der Waals surface area contributed by atoms with Crippen LogP contribution in [0.4, 0.5) is 11.5 Å². The zero-order chi connectivity index (χ0) is 18.6. The Morgan fingerprint density at radius 3 is 2.80 bits per heavy atom. The molecule has 0 bridgehead atoms. The minimum absolute atomic E-state index is 0.0491. The highest BCUT2D eigenvalue weighted by atomic mass is 79.9. The number of aromatic nitrogens is 1. The molecule has 1 aromatic heterocycles. The van der Waals surface area contributed by atoms with Gasteiger partial charge in [-0.25, -0.2) is 18.1 Å². The van der Waals surface area contributed by atoms with E-state index in [1.165, 1.54) is 12.3 Å². The van der Waals surface area contributed by atoms with Gasteiger partial charge in [0.2, 0.25) is 15.9 Å². The SMILES string of the molecule is Cc1ccc(Cl)cc1NC(=O)CCNS(=O)(=O)c1cc(Br)cnc1N. The van der Waals surface area contributed by atoms with Gasteiger partial charge in [-0.05, 0) is 46.6 Å². The van der Waals surface area contributed by atoms with E-state index in [1.807, 2.05) is 6.92 Å². The number of nitrogens with one attached hydrogen (secondary N) is 2. The summed E-state index contributed by atoms with van der Waals surface area (Å²) >= 11 is 9.04. The monoisotopic (exact) mass is 446 g/mol. The highest BCUT2D eigenvalue weighted by molar-refractivity contribution is 9.10. The van der Waals surface area contributed by atoms with Gasteiger partial charge in [-0.15, -0.1) is 0 Å². The molecule has 0 atom stereocenters. The van der Waals surface area contributed by atoms with Gasteiger partial charge in [-0.3, -0.25) is 4.79 Å². The van der Waals surface area contributed by atoms with E-state index >= 15 is 0 Å². The summed E-state index contributed by atoms with van der Waals surface area (Å²) in [5.74, 6) is -0.455. The van der Waals surface area contributed by atoms with E-state index < -0.39 is 10.0 Å². The fraction of sp³-hybridized carbons (Fsp3) is 0.200. The summed E-state index contributed by atoms with van der Waals surface area (Å²) in [6.07, 6.45) is 1.35. The van der Waals surface area contributed by atoms with Crippen molar-refractivity contribution in [2.24, 2.45) is 0 Å². The second-order valence-electron chi connectivity index (χ2n) is 5.19. The summed E-state index contributed by atoms with van der Waals surface area (Å²) in [6.45, 7) is 1.75. The summed E-state index contributed by atoms with van der Waals surface area (Å²) in [7, 11) is -3.87. The fourth-order valence-corrected chi connectivity index (χ4v) is 3.76. The lowest BCUT2D eigenvalue weighted by Gasteiger charge is -2.10. The number of carbonyl (C=O) groups is 1. The minimum Gasteiger partial charge on any atom is -0.383 e. The number of carbonyl (C=O) groups excluding carboxylic acids is 1. The van der Waals surface area contributed by atoms with Gasteiger partial charge in [0, 0.05) is 34.3 Å². The van der Waals surface area contributed by atoms with Gasteiger partial charge in [-0.2, -0.15) is 0 Å². The van der Waals surface area contributed by atoms with Gasteiger partial charge in [-0.1, -0.05) is 17.7 Å². The highest BCUT2D eigenvalue weighted by Crippen LogP contribution is 2.21. The zero-order valence-corrected chi connectivity index (χ0v) is 16.4. The predicted molar refractivity (Wildman–Crippen MR) is 101 cm³/mol. The molecular formula is C15H16BrClN4O3S. The van der Waals surface area contributed by atoms with Crippen molar-refractivity contribution in [3.05, 3.63) is 45.5 Å². The Kier molecular flexibility index (Phi) is 6.39. The molecule has 25 heavy (non-hydrogen) atoms. The Balaban J connectivity index is 1.96. The molecule has 1 amide bonds. The number of nitrogen functional groups attached to an aromatic ring is 1. The number of nitrogens with zero attached hydrogens (tertiary/aromatic N) is 1. The third kappa shape index (κ3) is 5.40. The Hall–Kier alpha value is -1.68. The minimum atomic E-state index is -3.87. The van der Waals surface area contributed by atoms with Crippen LogP contribution in [-0.2, 0) is 14.8 Å². The molecule has 0 aliphatic carbocycles. The van der Waals surface area contributed by atoms with E-state index in [2.05, 4.69) is 31.0 Å². The third-order valence-electron chi connectivity index (χ3n) is 3.26. The van der Waals surface area contributed by atoms with Crippen LogP contribution in [0.25, 0.3) is 0 Å². The molecule has 0 aliphatic rings. The number of sulfonamides is 1. The van der Waals surface area contributed by atoms with E-state index in [1.54, 1.807) is 18.2 Å². The summed E-state index contributed by atoms with van der Waals surface area (Å²) in [5, 5.41) is 3.19. The van der Waals surface area contributed by atoms with Gasteiger partial charge in [0.25, 0.3) is 0 Å². The molecule has 2 rings (SSSR count). The molecule has 0 spiro atoms. The smallest absolute Gasteiger partial charge is 0.244 e. The molecule has 134 valence electrons. The number of aryl methyl sites for hydroxylation is 1. The number of hydrogen-bond acceptors (Lipinski definition) is 5. The van der Waals surface area contributed by atoms with E-state index in [0.717, 1.165) is 5.56 Å².